The van der Waals surface area contributed by atoms with Crippen LogP contribution in [0.1, 0.15) is 0 Å². The summed E-state index contributed by atoms with van der Waals surface area (Å²) in [6.45, 7) is 0. The largest absolute Gasteiger partial charge is 0.110 e. The number of alkyl halides is 4. The van der Waals surface area contributed by atoms with Crippen LogP contribution in [0.2, 0.25) is 5.02 Å². The van der Waals surface area contributed by atoms with Gasteiger partial charge in [0.2, 0.25) is 0 Å². The highest BCUT2D eigenvalue weighted by molar-refractivity contribution is 6.84. The Bertz CT molecular complexity index is 329. The molecule has 0 nitrogen and oxygen atoms in total. The van der Waals surface area contributed by atoms with Gasteiger partial charge in [0.25, 0.3) is 0 Å². The molecular formula is C8H9Cl5Si2. The number of rotatable bonds is 4. The van der Waals surface area contributed by atoms with Crippen molar-refractivity contribution in [1.82, 2.24) is 0 Å². The summed E-state index contributed by atoms with van der Waals surface area (Å²) in [5.41, 5.74) is 0. The Kier molecular flexibility index (Phi) is 6.37. The lowest BCUT2D eigenvalue weighted by atomic mass is 10.4. The number of benzene rings is 1. The molecule has 0 aliphatic heterocycles. The van der Waals surface area contributed by atoms with Crippen LogP contribution in [0.3, 0.4) is 0 Å². The van der Waals surface area contributed by atoms with Gasteiger partial charge >= 0.3 is 0 Å². The van der Waals surface area contributed by atoms with Crippen molar-refractivity contribution in [2.45, 2.75) is 8.92 Å². The fourth-order valence-corrected chi connectivity index (χ4v) is 6.71. The number of hydrogen-bond acceptors (Lipinski definition) is 0. The first-order chi connectivity index (χ1) is 7.00. The minimum atomic E-state index is -0.761. The summed E-state index contributed by atoms with van der Waals surface area (Å²) in [6.07, 6.45) is 0. The van der Waals surface area contributed by atoms with Gasteiger partial charge in [0.15, 0.2) is 0 Å². The quantitative estimate of drug-likeness (QED) is 0.576. The third-order valence-electron chi connectivity index (χ3n) is 1.95. The van der Waals surface area contributed by atoms with Gasteiger partial charge < -0.3 is 0 Å². The van der Waals surface area contributed by atoms with Gasteiger partial charge in [-0.05, 0) is 11.3 Å². The van der Waals surface area contributed by atoms with E-state index in [-0.39, 0.29) is 8.92 Å². The third-order valence-corrected chi connectivity index (χ3v) is 7.84. The van der Waals surface area contributed by atoms with Crippen molar-refractivity contribution in [1.29, 1.82) is 0 Å². The lowest BCUT2D eigenvalue weighted by Gasteiger charge is -2.11. The molecule has 0 N–H and O–H groups in total. The summed E-state index contributed by atoms with van der Waals surface area (Å²) < 4.78 is -0.609. The molecule has 0 aliphatic carbocycles. The molecule has 0 saturated heterocycles. The van der Waals surface area contributed by atoms with E-state index in [0.717, 1.165) is 10.2 Å². The van der Waals surface area contributed by atoms with E-state index in [2.05, 4.69) is 0 Å². The summed E-state index contributed by atoms with van der Waals surface area (Å²) in [7, 11) is -1.47. The fourth-order valence-electron chi connectivity index (χ4n) is 1.34. The molecule has 0 spiro atoms. The molecule has 0 amide bonds. The van der Waals surface area contributed by atoms with Crippen molar-refractivity contribution >= 4 is 87.4 Å². The molecule has 0 heterocycles. The van der Waals surface area contributed by atoms with Crippen molar-refractivity contribution in [3.63, 3.8) is 0 Å². The topological polar surface area (TPSA) is 0 Å². The van der Waals surface area contributed by atoms with Gasteiger partial charge in [0.1, 0.15) is 0 Å². The van der Waals surface area contributed by atoms with Crippen LogP contribution in [0.5, 0.6) is 0 Å². The highest BCUT2D eigenvalue weighted by Gasteiger charge is 2.13. The molecule has 84 valence electrons. The molecule has 0 aromatic heterocycles. The fraction of sp³-hybridized carbons (Fsp3) is 0.250. The second kappa shape index (κ2) is 6.75. The maximum atomic E-state index is 6.11. The molecule has 1 aromatic rings. The first kappa shape index (κ1) is 14.2. The van der Waals surface area contributed by atoms with Crippen LogP contribution in [0.15, 0.2) is 18.2 Å². The second-order valence-corrected chi connectivity index (χ2v) is 12.0. The maximum Gasteiger partial charge on any atom is 0.0957 e. The Labute approximate surface area is 119 Å². The van der Waals surface area contributed by atoms with E-state index in [1.165, 1.54) is 5.19 Å². The highest BCUT2D eigenvalue weighted by atomic mass is 35.5. The Balaban J connectivity index is 2.97. The predicted molar refractivity (Wildman–Crippen MR) is 78.8 cm³/mol. The van der Waals surface area contributed by atoms with E-state index < -0.39 is 19.0 Å². The Morgan fingerprint density at radius 3 is 2.07 bits per heavy atom. The van der Waals surface area contributed by atoms with Gasteiger partial charge in [-0.25, -0.2) is 0 Å². The van der Waals surface area contributed by atoms with Crippen molar-refractivity contribution in [2.75, 3.05) is 0 Å². The van der Waals surface area contributed by atoms with Gasteiger partial charge in [-0.3, -0.25) is 0 Å². The molecule has 0 saturated carbocycles. The molecular weight excluding hydrogens is 330 g/mol. The van der Waals surface area contributed by atoms with E-state index >= 15 is 0 Å². The molecule has 0 unspecified atom stereocenters. The van der Waals surface area contributed by atoms with Crippen molar-refractivity contribution < 1.29 is 0 Å². The van der Waals surface area contributed by atoms with Crippen LogP contribution in [0.4, 0.5) is 0 Å². The Hall–Kier alpha value is 1.10. The molecule has 0 fully saturated rings. The Morgan fingerprint density at radius 1 is 0.933 bits per heavy atom. The summed E-state index contributed by atoms with van der Waals surface area (Å²) in [6, 6.07) is 5.79. The average molecular weight is 339 g/mol. The van der Waals surface area contributed by atoms with Crippen molar-refractivity contribution in [3.8, 4) is 0 Å². The smallest absolute Gasteiger partial charge is 0.0957 e. The highest BCUT2D eigenvalue weighted by Crippen LogP contribution is 2.07. The van der Waals surface area contributed by atoms with Crippen LogP contribution in [-0.2, 0) is 0 Å². The zero-order chi connectivity index (χ0) is 11.4. The van der Waals surface area contributed by atoms with E-state index in [9.17, 15) is 0 Å². The predicted octanol–water partition coefficient (Wildman–Crippen LogP) is 1.45. The van der Waals surface area contributed by atoms with Crippen LogP contribution >= 0.6 is 58.0 Å². The van der Waals surface area contributed by atoms with E-state index in [1.807, 2.05) is 18.2 Å². The molecule has 1 aromatic carbocycles. The monoisotopic (exact) mass is 336 g/mol. The Morgan fingerprint density at radius 2 is 1.53 bits per heavy atom. The van der Waals surface area contributed by atoms with Gasteiger partial charge in [0, 0.05) is 5.02 Å². The van der Waals surface area contributed by atoms with E-state index in [0.29, 0.717) is 0 Å². The average Bonchev–Trinajstić information content (AvgIpc) is 2.09. The van der Waals surface area contributed by atoms with Crippen molar-refractivity contribution in [2.24, 2.45) is 0 Å². The molecule has 0 atom stereocenters. The number of halogens is 5. The minimum Gasteiger partial charge on any atom is -0.110 e. The zero-order valence-electron chi connectivity index (χ0n) is 7.69. The van der Waals surface area contributed by atoms with Crippen LogP contribution in [0, 0.1) is 0 Å². The maximum absolute atomic E-state index is 6.11. The summed E-state index contributed by atoms with van der Waals surface area (Å²) >= 11 is 29.3. The first-order valence-corrected chi connectivity index (χ1v) is 9.50. The normalized spacial score (nSPS) is 13.0. The van der Waals surface area contributed by atoms with E-state index in [1.54, 1.807) is 0 Å². The van der Waals surface area contributed by atoms with Gasteiger partial charge in [-0.15, -0.1) is 46.4 Å². The zero-order valence-corrected chi connectivity index (χ0v) is 14.3. The van der Waals surface area contributed by atoms with Gasteiger partial charge in [-0.1, -0.05) is 28.9 Å². The lowest BCUT2D eigenvalue weighted by Crippen LogP contribution is -2.41. The van der Waals surface area contributed by atoms with Crippen LogP contribution in [-0.4, -0.2) is 28.0 Å². The molecule has 0 aliphatic rings. The molecule has 15 heavy (non-hydrogen) atoms. The molecule has 1 rings (SSSR count). The molecule has 7 heteroatoms. The summed E-state index contributed by atoms with van der Waals surface area (Å²) in [5.74, 6) is 0. The standard InChI is InChI=1S/C8H9Cl5Si2/c9-4-2-1-3-5(14-7(10)11)6(4)15-8(12)13/h1-3,7-8H,14-15H2. The van der Waals surface area contributed by atoms with Gasteiger partial charge in [0.05, 0.1) is 28.0 Å². The van der Waals surface area contributed by atoms with Crippen LogP contribution < -0.4 is 10.4 Å². The van der Waals surface area contributed by atoms with Crippen LogP contribution in [0.25, 0.3) is 0 Å². The first-order valence-electron chi connectivity index (χ1n) is 4.33. The lowest BCUT2D eigenvalue weighted by molar-refractivity contribution is 1.76. The third kappa shape index (κ3) is 4.86. The summed E-state index contributed by atoms with van der Waals surface area (Å²) in [5, 5.41) is 3.05. The van der Waals surface area contributed by atoms with Gasteiger partial charge in [-0.2, -0.15) is 0 Å². The summed E-state index contributed by atoms with van der Waals surface area (Å²) in [4.78, 5) is 0. The number of hydrogen-bond donors (Lipinski definition) is 0. The van der Waals surface area contributed by atoms with Crippen molar-refractivity contribution in [3.05, 3.63) is 23.2 Å². The molecule has 0 bridgehead atoms. The second-order valence-electron chi connectivity index (χ2n) is 3.07. The van der Waals surface area contributed by atoms with E-state index in [4.69, 9.17) is 58.0 Å². The minimum absolute atomic E-state index is 0.291. The SMILES string of the molecule is Clc1cccc([SiH2]C(Cl)Cl)c1[SiH2]C(Cl)Cl. The molecule has 0 radical (unpaired) electrons.